The number of anilines is 1. The van der Waals surface area contributed by atoms with Gasteiger partial charge in [0.2, 0.25) is 11.8 Å². The molecule has 2 fully saturated rings. The first-order chi connectivity index (χ1) is 15.6. The van der Waals surface area contributed by atoms with E-state index in [-0.39, 0.29) is 18.6 Å². The predicted molar refractivity (Wildman–Crippen MR) is 118 cm³/mol. The number of hydrogen-bond acceptors (Lipinski definition) is 8. The molecular formula is C21H23ClN8O2. The second-order valence-electron chi connectivity index (χ2n) is 7.82. The van der Waals surface area contributed by atoms with E-state index in [4.69, 9.17) is 16.3 Å². The second kappa shape index (κ2) is 8.71. The lowest BCUT2D eigenvalue weighted by atomic mass is 10.1. The molecule has 0 aliphatic carbocycles. The summed E-state index contributed by atoms with van der Waals surface area (Å²) in [6.07, 6.45) is 0. The van der Waals surface area contributed by atoms with Crippen LogP contribution in [0.4, 0.5) is 5.82 Å². The molecule has 11 heteroatoms. The number of fused-ring (bicyclic) bond motifs is 1. The van der Waals surface area contributed by atoms with Gasteiger partial charge in [0.15, 0.2) is 5.82 Å². The summed E-state index contributed by atoms with van der Waals surface area (Å²) in [4.78, 5) is 16.5. The standard InChI is InChI=1S/C21H23ClN8O2/c1-14-18(30(27-24-14)16-4-2-15(22)3-5-16)13-32-20-7-6-19(25-26-20)29-11-10-28-9-8-23-21(31)17(28)12-29/h2-7,17H,8-13H2,1H3,(H,23,31)/t17-/m0/s1. The number of nitrogens with zero attached hydrogens (tertiary/aromatic N) is 7. The van der Waals surface area contributed by atoms with E-state index >= 15 is 0 Å². The number of nitrogens with one attached hydrogen (secondary N) is 1. The Balaban J connectivity index is 1.25. The molecule has 0 unspecified atom stereocenters. The highest BCUT2D eigenvalue weighted by molar-refractivity contribution is 6.30. The van der Waals surface area contributed by atoms with Gasteiger partial charge in [0.25, 0.3) is 0 Å². The molecular weight excluding hydrogens is 432 g/mol. The number of aromatic nitrogens is 5. The minimum Gasteiger partial charge on any atom is -0.470 e. The van der Waals surface area contributed by atoms with Crippen molar-refractivity contribution < 1.29 is 9.53 Å². The molecule has 2 aromatic heterocycles. The zero-order valence-corrected chi connectivity index (χ0v) is 18.4. The number of halogens is 1. The minimum atomic E-state index is -0.140. The van der Waals surface area contributed by atoms with E-state index in [1.807, 2.05) is 25.1 Å². The van der Waals surface area contributed by atoms with Gasteiger partial charge < -0.3 is 15.0 Å². The number of carbonyl (C=O) groups excluding carboxylic acids is 1. The van der Waals surface area contributed by atoms with Crippen LogP contribution in [-0.4, -0.2) is 74.8 Å². The number of benzene rings is 1. The van der Waals surface area contributed by atoms with Crippen molar-refractivity contribution in [3.05, 3.63) is 52.8 Å². The minimum absolute atomic E-state index is 0.0788. The van der Waals surface area contributed by atoms with Crippen LogP contribution in [-0.2, 0) is 11.4 Å². The summed E-state index contributed by atoms with van der Waals surface area (Å²) in [6.45, 7) is 5.98. The molecule has 32 heavy (non-hydrogen) atoms. The molecule has 1 amide bonds. The van der Waals surface area contributed by atoms with E-state index in [0.717, 1.165) is 42.5 Å². The van der Waals surface area contributed by atoms with Crippen LogP contribution in [0.5, 0.6) is 5.88 Å². The van der Waals surface area contributed by atoms with Crippen molar-refractivity contribution in [2.24, 2.45) is 0 Å². The van der Waals surface area contributed by atoms with Gasteiger partial charge in [-0.1, -0.05) is 16.8 Å². The second-order valence-corrected chi connectivity index (χ2v) is 8.25. The largest absolute Gasteiger partial charge is 0.470 e. The van der Waals surface area contributed by atoms with Gasteiger partial charge in [-0.15, -0.1) is 15.3 Å². The summed E-state index contributed by atoms with van der Waals surface area (Å²) in [5.41, 5.74) is 2.44. The molecule has 166 valence electrons. The number of hydrogen-bond donors (Lipinski definition) is 1. The number of amides is 1. The topological polar surface area (TPSA) is 101 Å². The average molecular weight is 455 g/mol. The van der Waals surface area contributed by atoms with Gasteiger partial charge in [-0.05, 0) is 37.3 Å². The van der Waals surface area contributed by atoms with Crippen molar-refractivity contribution in [3.63, 3.8) is 0 Å². The summed E-state index contributed by atoms with van der Waals surface area (Å²) in [7, 11) is 0. The van der Waals surface area contributed by atoms with Crippen molar-refractivity contribution in [2.45, 2.75) is 19.6 Å². The molecule has 0 bridgehead atoms. The molecule has 2 saturated heterocycles. The maximum atomic E-state index is 12.2. The lowest BCUT2D eigenvalue weighted by Gasteiger charge is -2.43. The monoisotopic (exact) mass is 454 g/mol. The van der Waals surface area contributed by atoms with Crippen molar-refractivity contribution in [1.82, 2.24) is 35.4 Å². The highest BCUT2D eigenvalue weighted by Crippen LogP contribution is 2.21. The molecule has 4 heterocycles. The molecule has 0 spiro atoms. The lowest BCUT2D eigenvalue weighted by Crippen LogP contribution is -2.64. The number of ether oxygens (including phenoxy) is 1. The maximum Gasteiger partial charge on any atom is 0.239 e. The fourth-order valence-corrected chi connectivity index (χ4v) is 4.14. The average Bonchev–Trinajstić information content (AvgIpc) is 3.19. The van der Waals surface area contributed by atoms with Crippen LogP contribution in [0.15, 0.2) is 36.4 Å². The number of rotatable bonds is 5. The molecule has 2 aliphatic rings. The summed E-state index contributed by atoms with van der Waals surface area (Å²) < 4.78 is 7.60. The van der Waals surface area contributed by atoms with E-state index in [1.165, 1.54) is 0 Å². The normalized spacial score (nSPS) is 18.9. The van der Waals surface area contributed by atoms with E-state index in [9.17, 15) is 4.79 Å². The highest BCUT2D eigenvalue weighted by Gasteiger charge is 2.35. The van der Waals surface area contributed by atoms with Gasteiger partial charge in [-0.3, -0.25) is 9.69 Å². The summed E-state index contributed by atoms with van der Waals surface area (Å²) >= 11 is 5.98. The van der Waals surface area contributed by atoms with Crippen LogP contribution in [0.3, 0.4) is 0 Å². The van der Waals surface area contributed by atoms with Crippen molar-refractivity contribution in [1.29, 1.82) is 0 Å². The Hall–Kier alpha value is -3.24. The predicted octanol–water partition coefficient (Wildman–Crippen LogP) is 1.22. The van der Waals surface area contributed by atoms with Crippen LogP contribution >= 0.6 is 11.6 Å². The number of piperazine rings is 2. The van der Waals surface area contributed by atoms with Gasteiger partial charge in [0.05, 0.1) is 11.4 Å². The molecule has 10 nitrogen and oxygen atoms in total. The Morgan fingerprint density at radius 3 is 2.72 bits per heavy atom. The Morgan fingerprint density at radius 2 is 1.94 bits per heavy atom. The summed E-state index contributed by atoms with van der Waals surface area (Å²) in [6, 6.07) is 10.9. The smallest absolute Gasteiger partial charge is 0.239 e. The Bertz CT molecular complexity index is 1100. The third-order valence-corrected chi connectivity index (χ3v) is 6.08. The van der Waals surface area contributed by atoms with Crippen molar-refractivity contribution in [3.8, 4) is 11.6 Å². The SMILES string of the molecule is Cc1nnn(-c2ccc(Cl)cc2)c1COc1ccc(N2CCN3CCNC(=O)[C@@H]3C2)nn1. The number of carbonyl (C=O) groups is 1. The quantitative estimate of drug-likeness (QED) is 0.614. The van der Waals surface area contributed by atoms with E-state index in [2.05, 4.69) is 35.6 Å². The third kappa shape index (κ3) is 4.11. The molecule has 1 aromatic carbocycles. The third-order valence-electron chi connectivity index (χ3n) is 5.83. The lowest BCUT2D eigenvalue weighted by molar-refractivity contribution is -0.129. The molecule has 0 radical (unpaired) electrons. The van der Waals surface area contributed by atoms with Crippen LogP contribution in [0.25, 0.3) is 5.69 Å². The molecule has 3 aromatic rings. The van der Waals surface area contributed by atoms with E-state index in [1.54, 1.807) is 22.9 Å². The first-order valence-electron chi connectivity index (χ1n) is 10.5. The zero-order valence-electron chi connectivity index (χ0n) is 17.6. The summed E-state index contributed by atoms with van der Waals surface area (Å²) in [5.74, 6) is 1.22. The molecule has 1 N–H and O–H groups in total. The van der Waals surface area contributed by atoms with Gasteiger partial charge >= 0.3 is 0 Å². The Kier molecular flexibility index (Phi) is 5.62. The first-order valence-corrected chi connectivity index (χ1v) is 10.9. The van der Waals surface area contributed by atoms with Crippen LogP contribution in [0.1, 0.15) is 11.4 Å². The van der Waals surface area contributed by atoms with Gasteiger partial charge in [-0.25, -0.2) is 4.68 Å². The highest BCUT2D eigenvalue weighted by atomic mass is 35.5. The van der Waals surface area contributed by atoms with Gasteiger partial charge in [0.1, 0.15) is 18.3 Å². The van der Waals surface area contributed by atoms with E-state index < -0.39 is 0 Å². The first kappa shape index (κ1) is 20.7. The maximum absolute atomic E-state index is 12.2. The number of aryl methyl sites for hydroxylation is 1. The molecule has 2 aliphatic heterocycles. The van der Waals surface area contributed by atoms with E-state index in [0.29, 0.717) is 24.0 Å². The van der Waals surface area contributed by atoms with Crippen molar-refractivity contribution in [2.75, 3.05) is 37.6 Å². The van der Waals surface area contributed by atoms with Gasteiger partial charge in [-0.2, -0.15) is 0 Å². The Morgan fingerprint density at radius 1 is 1.09 bits per heavy atom. The van der Waals surface area contributed by atoms with Gasteiger partial charge in [0, 0.05) is 43.8 Å². The summed E-state index contributed by atoms with van der Waals surface area (Å²) in [5, 5.41) is 20.5. The fraction of sp³-hybridized carbons (Fsp3) is 0.381. The fourth-order valence-electron chi connectivity index (χ4n) is 4.02. The molecule has 1 atom stereocenters. The van der Waals surface area contributed by atoms with Crippen LogP contribution < -0.4 is 15.0 Å². The van der Waals surface area contributed by atoms with Crippen molar-refractivity contribution >= 4 is 23.3 Å². The van der Waals surface area contributed by atoms with Crippen LogP contribution in [0, 0.1) is 6.92 Å². The molecule has 0 saturated carbocycles. The molecule has 5 rings (SSSR count). The van der Waals surface area contributed by atoms with Crippen LogP contribution in [0.2, 0.25) is 5.02 Å². The Labute approximate surface area is 190 Å². The zero-order chi connectivity index (χ0) is 22.1.